The Hall–Kier alpha value is -1.65. The van der Waals surface area contributed by atoms with Gasteiger partial charge in [0.05, 0.1) is 5.56 Å². The highest BCUT2D eigenvalue weighted by molar-refractivity contribution is 6.35. The molecule has 2 aromatic rings. The van der Waals surface area contributed by atoms with Crippen molar-refractivity contribution >= 4 is 29.2 Å². The van der Waals surface area contributed by atoms with Crippen LogP contribution in [0.25, 0.3) is 11.1 Å². The number of carbonyl (C=O) groups is 1. The van der Waals surface area contributed by atoms with Gasteiger partial charge in [-0.1, -0.05) is 23.2 Å². The van der Waals surface area contributed by atoms with Gasteiger partial charge in [0.25, 0.3) is 0 Å². The maximum absolute atomic E-state index is 13.9. The molecule has 0 aliphatic rings. The van der Waals surface area contributed by atoms with Crippen LogP contribution in [0.4, 0.5) is 8.78 Å². The monoisotopic (exact) mass is 302 g/mol. The lowest BCUT2D eigenvalue weighted by molar-refractivity contribution is 0.0691. The van der Waals surface area contributed by atoms with Crippen LogP contribution in [0.3, 0.4) is 0 Å². The van der Waals surface area contributed by atoms with E-state index in [0.29, 0.717) is 11.1 Å². The second-order valence-corrected chi connectivity index (χ2v) is 4.58. The van der Waals surface area contributed by atoms with E-state index >= 15 is 0 Å². The minimum atomic E-state index is -1.54. The molecule has 0 saturated carbocycles. The Balaban J connectivity index is 2.67. The van der Waals surface area contributed by atoms with Gasteiger partial charge < -0.3 is 5.11 Å². The largest absolute Gasteiger partial charge is 0.478 e. The molecule has 0 aliphatic carbocycles. The number of rotatable bonds is 2. The second kappa shape index (κ2) is 5.15. The summed E-state index contributed by atoms with van der Waals surface area (Å²) < 4.78 is 27.4. The van der Waals surface area contributed by atoms with Crippen molar-refractivity contribution in [3.05, 3.63) is 57.6 Å². The van der Waals surface area contributed by atoms with Crippen LogP contribution >= 0.6 is 23.2 Å². The number of halogens is 4. The average Bonchev–Trinajstić information content (AvgIpc) is 2.34. The lowest BCUT2D eigenvalue weighted by Gasteiger charge is -2.08. The Morgan fingerprint density at radius 2 is 1.68 bits per heavy atom. The van der Waals surface area contributed by atoms with Gasteiger partial charge in [0.1, 0.15) is 11.6 Å². The molecule has 2 aromatic carbocycles. The first-order valence-electron chi connectivity index (χ1n) is 5.08. The van der Waals surface area contributed by atoms with Crippen LogP contribution in [0.15, 0.2) is 30.3 Å². The van der Waals surface area contributed by atoms with Crippen molar-refractivity contribution in [3.63, 3.8) is 0 Å². The molecule has 98 valence electrons. The van der Waals surface area contributed by atoms with Crippen LogP contribution in [-0.2, 0) is 0 Å². The third kappa shape index (κ3) is 2.69. The minimum absolute atomic E-state index is 0.144. The molecule has 0 bridgehead atoms. The first-order chi connectivity index (χ1) is 8.90. The predicted molar refractivity (Wildman–Crippen MR) is 68.8 cm³/mol. The van der Waals surface area contributed by atoms with Crippen molar-refractivity contribution in [2.24, 2.45) is 0 Å². The molecule has 0 atom stereocenters. The molecule has 0 aliphatic heterocycles. The summed E-state index contributed by atoms with van der Waals surface area (Å²) in [6.45, 7) is 0. The molecule has 0 unspecified atom stereocenters. The molecule has 1 N–H and O–H groups in total. The maximum Gasteiger partial charge on any atom is 0.338 e. The zero-order chi connectivity index (χ0) is 14.2. The molecular weight excluding hydrogens is 297 g/mol. The zero-order valence-corrected chi connectivity index (χ0v) is 10.8. The summed E-state index contributed by atoms with van der Waals surface area (Å²) in [6.07, 6.45) is 0. The van der Waals surface area contributed by atoms with E-state index in [1.54, 1.807) is 0 Å². The second-order valence-electron chi connectivity index (χ2n) is 3.74. The highest BCUT2D eigenvalue weighted by Gasteiger charge is 2.17. The summed E-state index contributed by atoms with van der Waals surface area (Å²) in [5.74, 6) is -3.47. The Kier molecular flexibility index (Phi) is 3.73. The van der Waals surface area contributed by atoms with Crippen LogP contribution in [0, 0.1) is 11.6 Å². The van der Waals surface area contributed by atoms with Crippen molar-refractivity contribution in [3.8, 4) is 11.1 Å². The van der Waals surface area contributed by atoms with Crippen molar-refractivity contribution in [1.82, 2.24) is 0 Å². The van der Waals surface area contributed by atoms with Crippen LogP contribution in [0.1, 0.15) is 10.4 Å². The average molecular weight is 303 g/mol. The van der Waals surface area contributed by atoms with Crippen LogP contribution in [0.2, 0.25) is 10.0 Å². The Bertz CT molecular complexity index is 672. The van der Waals surface area contributed by atoms with E-state index in [2.05, 4.69) is 0 Å². The SMILES string of the molecule is O=C(O)c1cc(F)c(-c2cc(Cl)ccc2Cl)cc1F. The molecule has 19 heavy (non-hydrogen) atoms. The number of hydrogen-bond donors (Lipinski definition) is 1. The molecule has 0 aromatic heterocycles. The molecule has 0 spiro atoms. The van der Waals surface area contributed by atoms with Crippen molar-refractivity contribution < 1.29 is 18.7 Å². The topological polar surface area (TPSA) is 37.3 Å². The molecular formula is C13H6Cl2F2O2. The highest BCUT2D eigenvalue weighted by atomic mass is 35.5. The third-order valence-electron chi connectivity index (χ3n) is 2.51. The zero-order valence-electron chi connectivity index (χ0n) is 9.25. The summed E-state index contributed by atoms with van der Waals surface area (Å²) in [4.78, 5) is 10.7. The molecule has 2 rings (SSSR count). The standard InChI is InChI=1S/C13H6Cl2F2O2/c14-6-1-2-10(15)7(3-6)8-4-12(17)9(13(18)19)5-11(8)16/h1-5H,(H,18,19). The fourth-order valence-electron chi connectivity index (χ4n) is 1.62. The lowest BCUT2D eigenvalue weighted by Crippen LogP contribution is -2.02. The summed E-state index contributed by atoms with van der Waals surface area (Å²) >= 11 is 11.7. The van der Waals surface area contributed by atoms with E-state index in [1.807, 2.05) is 0 Å². The van der Waals surface area contributed by atoms with Gasteiger partial charge in [-0.2, -0.15) is 0 Å². The van der Waals surface area contributed by atoms with Crippen molar-refractivity contribution in [2.45, 2.75) is 0 Å². The molecule has 2 nitrogen and oxygen atoms in total. The summed E-state index contributed by atoms with van der Waals surface area (Å²) in [6, 6.07) is 5.73. The number of hydrogen-bond acceptors (Lipinski definition) is 1. The molecule has 0 heterocycles. The van der Waals surface area contributed by atoms with E-state index in [-0.39, 0.29) is 16.1 Å². The smallest absolute Gasteiger partial charge is 0.338 e. The third-order valence-corrected chi connectivity index (χ3v) is 3.07. The van der Waals surface area contributed by atoms with Crippen molar-refractivity contribution in [2.75, 3.05) is 0 Å². The van der Waals surface area contributed by atoms with E-state index in [4.69, 9.17) is 28.3 Å². The van der Waals surface area contributed by atoms with Gasteiger partial charge in [0.15, 0.2) is 0 Å². The molecule has 0 saturated heterocycles. The van der Waals surface area contributed by atoms with E-state index in [1.165, 1.54) is 18.2 Å². The van der Waals surface area contributed by atoms with Gasteiger partial charge in [-0.15, -0.1) is 0 Å². The normalized spacial score (nSPS) is 10.5. The van der Waals surface area contributed by atoms with E-state index in [0.717, 1.165) is 6.07 Å². The molecule has 0 radical (unpaired) electrons. The first kappa shape index (κ1) is 13.8. The Morgan fingerprint density at radius 1 is 1.00 bits per heavy atom. The number of carboxylic acid groups (broad SMARTS) is 1. The van der Waals surface area contributed by atoms with Crippen molar-refractivity contribution in [1.29, 1.82) is 0 Å². The minimum Gasteiger partial charge on any atom is -0.478 e. The molecule has 0 fully saturated rings. The van der Waals surface area contributed by atoms with E-state index in [9.17, 15) is 13.6 Å². The van der Waals surface area contributed by atoms with Crippen LogP contribution < -0.4 is 0 Å². The van der Waals surface area contributed by atoms with Gasteiger partial charge in [-0.3, -0.25) is 0 Å². The Labute approximate surface area is 117 Å². The first-order valence-corrected chi connectivity index (χ1v) is 5.83. The predicted octanol–water partition coefficient (Wildman–Crippen LogP) is 4.64. The van der Waals surface area contributed by atoms with Crippen LogP contribution in [-0.4, -0.2) is 11.1 Å². The maximum atomic E-state index is 13.9. The summed E-state index contributed by atoms with van der Waals surface area (Å²) in [5, 5.41) is 9.19. The fourth-order valence-corrected chi connectivity index (χ4v) is 2.01. The van der Waals surface area contributed by atoms with Gasteiger partial charge in [0.2, 0.25) is 0 Å². The van der Waals surface area contributed by atoms with Gasteiger partial charge in [-0.05, 0) is 30.3 Å². The Morgan fingerprint density at radius 3 is 2.32 bits per heavy atom. The van der Waals surface area contributed by atoms with Gasteiger partial charge in [0, 0.05) is 21.2 Å². The van der Waals surface area contributed by atoms with Crippen LogP contribution in [0.5, 0.6) is 0 Å². The number of carboxylic acids is 1. The number of aromatic carboxylic acids is 1. The van der Waals surface area contributed by atoms with E-state index < -0.39 is 23.2 Å². The fraction of sp³-hybridized carbons (Fsp3) is 0. The highest BCUT2D eigenvalue weighted by Crippen LogP contribution is 2.33. The number of benzene rings is 2. The van der Waals surface area contributed by atoms with Gasteiger partial charge >= 0.3 is 5.97 Å². The lowest BCUT2D eigenvalue weighted by atomic mass is 10.0. The van der Waals surface area contributed by atoms with Gasteiger partial charge in [-0.25, -0.2) is 13.6 Å². The molecule has 0 amide bonds. The molecule has 6 heteroatoms. The quantitative estimate of drug-likeness (QED) is 0.877. The summed E-state index contributed by atoms with van der Waals surface area (Å²) in [5.41, 5.74) is -0.683. The summed E-state index contributed by atoms with van der Waals surface area (Å²) in [7, 11) is 0.